The highest BCUT2D eigenvalue weighted by Crippen LogP contribution is 2.38. The molecule has 1 aliphatic heterocycles. The van der Waals surface area contributed by atoms with E-state index >= 15 is 0 Å². The molecule has 1 aliphatic rings. The summed E-state index contributed by atoms with van der Waals surface area (Å²) in [5.74, 6) is 2.48. The molecule has 1 N–H and O–H groups in total. The molecule has 0 spiro atoms. The van der Waals surface area contributed by atoms with Crippen molar-refractivity contribution in [3.8, 4) is 17.2 Å². The summed E-state index contributed by atoms with van der Waals surface area (Å²) in [4.78, 5) is 0. The molecule has 30 heavy (non-hydrogen) atoms. The predicted molar refractivity (Wildman–Crippen MR) is 120 cm³/mol. The van der Waals surface area contributed by atoms with E-state index in [1.807, 2.05) is 18.2 Å². The largest absolute Gasteiger partial charge is 0.494 e. The first-order valence-electron chi connectivity index (χ1n) is 10.6. The Labute approximate surface area is 178 Å². The Kier molecular flexibility index (Phi) is 6.55. The van der Waals surface area contributed by atoms with Gasteiger partial charge in [-0.15, -0.1) is 0 Å². The second-order valence-corrected chi connectivity index (χ2v) is 7.53. The van der Waals surface area contributed by atoms with E-state index in [-0.39, 0.29) is 6.04 Å². The summed E-state index contributed by atoms with van der Waals surface area (Å²) < 4.78 is 17.5. The van der Waals surface area contributed by atoms with Gasteiger partial charge in [0, 0.05) is 6.54 Å². The first-order chi connectivity index (χ1) is 14.8. The molecular weight excluding hydrogens is 374 g/mol. The Morgan fingerprint density at radius 1 is 0.933 bits per heavy atom. The fraction of sp³-hybridized carbons (Fsp3) is 0.308. The van der Waals surface area contributed by atoms with Crippen LogP contribution in [0.2, 0.25) is 0 Å². The average molecular weight is 404 g/mol. The Bertz CT molecular complexity index is 954. The van der Waals surface area contributed by atoms with Crippen molar-refractivity contribution >= 4 is 0 Å². The van der Waals surface area contributed by atoms with E-state index in [0.717, 1.165) is 48.8 Å². The second kappa shape index (κ2) is 9.68. The quantitative estimate of drug-likeness (QED) is 0.554. The normalized spacial score (nSPS) is 15.3. The highest BCUT2D eigenvalue weighted by atomic mass is 16.5. The molecule has 4 heteroatoms. The van der Waals surface area contributed by atoms with Crippen LogP contribution in [0.25, 0.3) is 0 Å². The van der Waals surface area contributed by atoms with Crippen LogP contribution in [0.5, 0.6) is 17.2 Å². The monoisotopic (exact) mass is 403 g/mol. The SMILES string of the molecule is CCCOc1ccc(C2NCCc3cc(OC)c(OCc4ccccc4)cc32)cc1. The third kappa shape index (κ3) is 4.60. The van der Waals surface area contributed by atoms with Crippen LogP contribution in [0.3, 0.4) is 0 Å². The van der Waals surface area contributed by atoms with Crippen molar-refractivity contribution in [3.63, 3.8) is 0 Å². The van der Waals surface area contributed by atoms with Crippen LogP contribution in [-0.2, 0) is 13.0 Å². The molecule has 0 bridgehead atoms. The number of hydrogen-bond acceptors (Lipinski definition) is 4. The number of benzene rings is 3. The van der Waals surface area contributed by atoms with Crippen molar-refractivity contribution in [2.24, 2.45) is 0 Å². The van der Waals surface area contributed by atoms with Gasteiger partial charge >= 0.3 is 0 Å². The molecule has 3 aromatic rings. The molecule has 0 aliphatic carbocycles. The number of hydrogen-bond donors (Lipinski definition) is 1. The third-order valence-electron chi connectivity index (χ3n) is 5.40. The Morgan fingerprint density at radius 3 is 2.47 bits per heavy atom. The van der Waals surface area contributed by atoms with Gasteiger partial charge in [-0.25, -0.2) is 0 Å². The van der Waals surface area contributed by atoms with Gasteiger partial charge < -0.3 is 19.5 Å². The molecule has 0 aromatic heterocycles. The van der Waals surface area contributed by atoms with Gasteiger partial charge in [-0.05, 0) is 59.4 Å². The fourth-order valence-electron chi connectivity index (χ4n) is 3.85. The van der Waals surface area contributed by atoms with Crippen LogP contribution in [0.4, 0.5) is 0 Å². The van der Waals surface area contributed by atoms with E-state index in [9.17, 15) is 0 Å². The lowest BCUT2D eigenvalue weighted by molar-refractivity contribution is 0.283. The summed E-state index contributed by atoms with van der Waals surface area (Å²) >= 11 is 0. The van der Waals surface area contributed by atoms with Crippen LogP contribution in [0.15, 0.2) is 66.7 Å². The van der Waals surface area contributed by atoms with E-state index in [1.54, 1.807) is 7.11 Å². The van der Waals surface area contributed by atoms with E-state index in [4.69, 9.17) is 14.2 Å². The zero-order valence-electron chi connectivity index (χ0n) is 17.7. The average Bonchev–Trinajstić information content (AvgIpc) is 2.81. The van der Waals surface area contributed by atoms with Gasteiger partial charge in [-0.2, -0.15) is 0 Å². The molecular formula is C26H29NO3. The van der Waals surface area contributed by atoms with Crippen LogP contribution < -0.4 is 19.5 Å². The van der Waals surface area contributed by atoms with Crippen molar-refractivity contribution in [2.75, 3.05) is 20.3 Å². The highest BCUT2D eigenvalue weighted by Gasteiger charge is 2.24. The summed E-state index contributed by atoms with van der Waals surface area (Å²) in [6.45, 7) is 4.30. The molecule has 3 aromatic carbocycles. The highest BCUT2D eigenvalue weighted by molar-refractivity contribution is 5.52. The van der Waals surface area contributed by atoms with E-state index in [0.29, 0.717) is 6.61 Å². The van der Waals surface area contributed by atoms with E-state index in [2.05, 4.69) is 60.8 Å². The molecule has 1 atom stereocenters. The van der Waals surface area contributed by atoms with Crippen LogP contribution in [-0.4, -0.2) is 20.3 Å². The van der Waals surface area contributed by atoms with Gasteiger partial charge in [0.15, 0.2) is 11.5 Å². The maximum absolute atomic E-state index is 6.16. The van der Waals surface area contributed by atoms with Crippen LogP contribution in [0, 0.1) is 0 Å². The first-order valence-corrected chi connectivity index (χ1v) is 10.6. The number of methoxy groups -OCH3 is 1. The topological polar surface area (TPSA) is 39.7 Å². The standard InChI is InChI=1S/C26H29NO3/c1-3-15-29-22-11-9-20(10-12-22)26-23-17-25(30-18-19-7-5-4-6-8-19)24(28-2)16-21(23)13-14-27-26/h4-12,16-17,26-27H,3,13-15,18H2,1-2H3. The minimum atomic E-state index is 0.124. The van der Waals surface area contributed by atoms with Crippen molar-refractivity contribution in [3.05, 3.63) is 89.0 Å². The first kappa shape index (κ1) is 20.3. The lowest BCUT2D eigenvalue weighted by atomic mass is 9.89. The molecule has 0 saturated heterocycles. The maximum atomic E-state index is 6.16. The van der Waals surface area contributed by atoms with Gasteiger partial charge in [0.2, 0.25) is 0 Å². The number of fused-ring (bicyclic) bond motifs is 1. The van der Waals surface area contributed by atoms with E-state index < -0.39 is 0 Å². The minimum absolute atomic E-state index is 0.124. The Morgan fingerprint density at radius 2 is 1.73 bits per heavy atom. The molecule has 156 valence electrons. The molecule has 0 radical (unpaired) electrons. The van der Waals surface area contributed by atoms with Crippen molar-refractivity contribution in [2.45, 2.75) is 32.4 Å². The maximum Gasteiger partial charge on any atom is 0.162 e. The smallest absolute Gasteiger partial charge is 0.162 e. The summed E-state index contributed by atoms with van der Waals surface area (Å²) in [6.07, 6.45) is 1.98. The lowest BCUT2D eigenvalue weighted by Crippen LogP contribution is -2.30. The summed E-state index contributed by atoms with van der Waals surface area (Å²) in [6, 6.07) is 23.0. The summed E-state index contributed by atoms with van der Waals surface area (Å²) in [7, 11) is 1.70. The number of nitrogens with one attached hydrogen (secondary N) is 1. The van der Waals surface area contributed by atoms with Gasteiger partial charge in [0.25, 0.3) is 0 Å². The zero-order chi connectivity index (χ0) is 20.8. The van der Waals surface area contributed by atoms with Crippen molar-refractivity contribution in [1.29, 1.82) is 0 Å². The van der Waals surface area contributed by atoms with Crippen molar-refractivity contribution < 1.29 is 14.2 Å². The van der Waals surface area contributed by atoms with Gasteiger partial charge in [-0.1, -0.05) is 49.4 Å². The van der Waals surface area contributed by atoms with Crippen molar-refractivity contribution in [1.82, 2.24) is 5.32 Å². The molecule has 1 heterocycles. The molecule has 0 fully saturated rings. The molecule has 0 amide bonds. The number of rotatable bonds is 8. The van der Waals surface area contributed by atoms with E-state index in [1.165, 1.54) is 16.7 Å². The second-order valence-electron chi connectivity index (χ2n) is 7.53. The molecule has 1 unspecified atom stereocenters. The zero-order valence-corrected chi connectivity index (χ0v) is 17.7. The third-order valence-corrected chi connectivity index (χ3v) is 5.40. The van der Waals surface area contributed by atoms with Gasteiger partial charge in [-0.3, -0.25) is 0 Å². The Hall–Kier alpha value is -2.98. The molecule has 4 rings (SSSR count). The predicted octanol–water partition coefficient (Wildman–Crippen LogP) is 5.30. The number of ether oxygens (including phenoxy) is 3. The summed E-state index contributed by atoms with van der Waals surface area (Å²) in [5, 5.41) is 3.66. The molecule has 4 nitrogen and oxygen atoms in total. The Balaban J connectivity index is 1.60. The summed E-state index contributed by atoms with van der Waals surface area (Å²) in [5.41, 5.74) is 4.90. The van der Waals surface area contributed by atoms with Crippen LogP contribution in [0.1, 0.15) is 41.6 Å². The van der Waals surface area contributed by atoms with Gasteiger partial charge in [0.1, 0.15) is 12.4 Å². The minimum Gasteiger partial charge on any atom is -0.494 e. The fourth-order valence-corrected chi connectivity index (χ4v) is 3.85. The van der Waals surface area contributed by atoms with Gasteiger partial charge in [0.05, 0.1) is 19.8 Å². The lowest BCUT2D eigenvalue weighted by Gasteiger charge is -2.29. The van der Waals surface area contributed by atoms with Crippen LogP contribution >= 0.6 is 0 Å². The molecule has 0 saturated carbocycles.